The van der Waals surface area contributed by atoms with Crippen molar-refractivity contribution >= 4 is 94.7 Å². The number of aryl methyl sites for hydroxylation is 1. The van der Waals surface area contributed by atoms with E-state index in [0.29, 0.717) is 11.1 Å². The topological polar surface area (TPSA) is 113 Å². The first-order valence-electron chi connectivity index (χ1n) is 9.10. The third-order valence-corrected chi connectivity index (χ3v) is 4.25. The van der Waals surface area contributed by atoms with E-state index in [1.165, 1.54) is 26.4 Å². The van der Waals surface area contributed by atoms with E-state index in [9.17, 15) is 18.4 Å². The molecule has 0 aliphatic heterocycles. The van der Waals surface area contributed by atoms with Crippen molar-refractivity contribution in [3.63, 3.8) is 0 Å². The first-order chi connectivity index (χ1) is 17.1. The molecule has 16 heteroatoms. The first-order valence-corrected chi connectivity index (χ1v) is 12.1. The fraction of sp³-hybridized carbons (Fsp3) is 0.238. The van der Waals surface area contributed by atoms with Gasteiger partial charge in [-0.05, 0) is 42.3 Å². The Hall–Kier alpha value is -1.93. The second kappa shape index (κ2) is 19.2. The number of benzene rings is 2. The number of esters is 2. The first kappa shape index (κ1) is 37.2. The van der Waals surface area contributed by atoms with Gasteiger partial charge in [0.25, 0.3) is 3.25 Å². The fourth-order valence-corrected chi connectivity index (χ4v) is 2.85. The summed E-state index contributed by atoms with van der Waals surface area (Å²) in [5, 5.41) is 17.7. The average molecular weight is 677 g/mol. The molecule has 7 nitrogen and oxygen atoms in total. The zero-order valence-electron chi connectivity index (χ0n) is 19.2. The Kier molecular flexibility index (Phi) is 19.3. The van der Waals surface area contributed by atoms with Gasteiger partial charge in [-0.25, -0.2) is 18.4 Å². The number of methoxy groups -OCH3 is 2. The van der Waals surface area contributed by atoms with Crippen LogP contribution in [0.4, 0.5) is 8.78 Å². The fourth-order valence-electron chi connectivity index (χ4n) is 2.40. The van der Waals surface area contributed by atoms with Gasteiger partial charge in [-0.15, -0.1) is 0 Å². The van der Waals surface area contributed by atoms with Crippen LogP contribution in [-0.4, -0.2) is 37.0 Å². The monoisotopic (exact) mass is 674 g/mol. The van der Waals surface area contributed by atoms with E-state index in [1.54, 1.807) is 19.1 Å². The number of carbonyl (C=O) groups is 2. The molecule has 197 valence electrons. The van der Waals surface area contributed by atoms with Crippen molar-refractivity contribution in [2.45, 2.75) is 15.5 Å². The number of alkyl halides is 5. The van der Waals surface area contributed by atoms with Crippen molar-refractivity contribution in [1.29, 1.82) is 10.5 Å². The van der Waals surface area contributed by atoms with Crippen LogP contribution in [0.25, 0.3) is 0 Å². The molecule has 0 fully saturated rings. The van der Waals surface area contributed by atoms with E-state index in [1.807, 2.05) is 0 Å². The SMILES string of the molecule is COC(=O)c1c(C#N)cc(F)cc1CBr.COC(=O)c1c(C)cc(F)cc1C#N.ClC(Cl)(Cl)Cl.[B]=NS. The van der Waals surface area contributed by atoms with Crippen molar-refractivity contribution in [3.05, 3.63) is 69.3 Å². The van der Waals surface area contributed by atoms with E-state index in [-0.39, 0.29) is 27.6 Å². The number of hydrogen-bond donors (Lipinski definition) is 1. The second-order valence-electron chi connectivity index (χ2n) is 6.02. The Morgan fingerprint density at radius 1 is 1.00 bits per heavy atom. The summed E-state index contributed by atoms with van der Waals surface area (Å²) in [5.74, 6) is -2.35. The van der Waals surface area contributed by atoms with Gasteiger partial charge in [0.15, 0.2) is 0 Å². The van der Waals surface area contributed by atoms with Gasteiger partial charge in [-0.3, -0.25) is 0 Å². The zero-order chi connectivity index (χ0) is 29.3. The molecule has 0 spiro atoms. The molecule has 0 unspecified atom stereocenters. The molecule has 0 atom stereocenters. The van der Waals surface area contributed by atoms with Crippen LogP contribution in [0.2, 0.25) is 0 Å². The number of thiol groups is 1. The number of rotatable bonds is 3. The maximum absolute atomic E-state index is 13.0. The predicted molar refractivity (Wildman–Crippen MR) is 146 cm³/mol. The third kappa shape index (κ3) is 15.2. The molecular formula is C21H16BBrCl4F2N3O4S. The van der Waals surface area contributed by atoms with Gasteiger partial charge in [0, 0.05) is 5.33 Å². The molecule has 0 saturated carbocycles. The van der Waals surface area contributed by atoms with Crippen molar-refractivity contribution in [2.24, 2.45) is 4.30 Å². The van der Waals surface area contributed by atoms with Gasteiger partial charge in [0.2, 0.25) is 0 Å². The minimum atomic E-state index is -1.61. The predicted octanol–water partition coefficient (Wildman–Crippen LogP) is 6.91. The van der Waals surface area contributed by atoms with Crippen LogP contribution in [-0.2, 0) is 14.8 Å². The van der Waals surface area contributed by atoms with Crippen LogP contribution in [0.3, 0.4) is 0 Å². The van der Waals surface area contributed by atoms with E-state index in [4.69, 9.17) is 56.9 Å². The molecule has 0 aromatic heterocycles. The van der Waals surface area contributed by atoms with Gasteiger partial charge in [-0.1, -0.05) is 62.3 Å². The van der Waals surface area contributed by atoms with Crippen LogP contribution >= 0.6 is 75.1 Å². The van der Waals surface area contributed by atoms with E-state index >= 15 is 0 Å². The van der Waals surface area contributed by atoms with Crippen molar-refractivity contribution < 1.29 is 27.8 Å². The Balaban J connectivity index is 0. The van der Waals surface area contributed by atoms with Gasteiger partial charge >= 0.3 is 36.7 Å². The summed E-state index contributed by atoms with van der Waals surface area (Å²) in [6, 6.07) is 7.93. The van der Waals surface area contributed by atoms with Gasteiger partial charge < -0.3 is 9.47 Å². The standard InChI is InChI=1S/C10H7BrFNO2.C10H8FNO2.CCl4.BHNS/c1-15-10(14)9-6(4-11)2-8(12)3-7(9)5-13;1-6-3-8(11)4-7(5-12)9(6)10(13)14-2;2-1(3,4)5;1-2-3/h2-3H,4H2,1H3;3-4H,1-2H3;;3H. The number of carbonyl (C=O) groups excluding carboxylic acids is 2. The molecular weight excluding hydrogens is 661 g/mol. The number of nitrogens with zero attached hydrogens (tertiary/aromatic N) is 3. The normalized spacial score (nSPS) is 9.30. The summed E-state index contributed by atoms with van der Waals surface area (Å²) in [4.78, 5) is 22.6. The number of ether oxygens (including phenoxy) is 2. The summed E-state index contributed by atoms with van der Waals surface area (Å²) in [5.41, 5.74) is 1.01. The van der Waals surface area contributed by atoms with Gasteiger partial charge in [0.1, 0.15) is 23.8 Å². The molecule has 0 aliphatic rings. The molecule has 2 rings (SSSR count). The van der Waals surface area contributed by atoms with Gasteiger partial charge in [0.05, 0.1) is 36.5 Å². The third-order valence-electron chi connectivity index (χ3n) is 3.65. The van der Waals surface area contributed by atoms with E-state index < -0.39 is 26.8 Å². The quantitative estimate of drug-likeness (QED) is 0.164. The molecule has 0 saturated heterocycles. The Morgan fingerprint density at radius 2 is 1.35 bits per heavy atom. The van der Waals surface area contributed by atoms with Crippen LogP contribution in [0, 0.1) is 41.2 Å². The maximum atomic E-state index is 13.0. The second-order valence-corrected chi connectivity index (χ2v) is 10.2. The minimum absolute atomic E-state index is 0.00523. The Labute approximate surface area is 247 Å². The number of hydrogen-bond acceptors (Lipinski definition) is 8. The molecule has 0 bridgehead atoms. The summed E-state index contributed by atoms with van der Waals surface area (Å²) >= 11 is 25.6. The Bertz CT molecular complexity index is 1190. The molecule has 1 radical (unpaired) electrons. The number of nitriles is 2. The molecule has 37 heavy (non-hydrogen) atoms. The summed E-state index contributed by atoms with van der Waals surface area (Å²) in [7, 11) is 6.76. The Morgan fingerprint density at radius 3 is 1.70 bits per heavy atom. The van der Waals surface area contributed by atoms with E-state index in [2.05, 4.69) is 50.2 Å². The van der Waals surface area contributed by atoms with E-state index in [0.717, 1.165) is 12.1 Å². The summed E-state index contributed by atoms with van der Waals surface area (Å²) < 4.78 is 36.0. The molecule has 0 aliphatic carbocycles. The summed E-state index contributed by atoms with van der Waals surface area (Å²) in [6.45, 7) is 1.55. The van der Waals surface area contributed by atoms with Crippen LogP contribution in [0.5, 0.6) is 0 Å². The molecule has 0 amide bonds. The summed E-state index contributed by atoms with van der Waals surface area (Å²) in [6.07, 6.45) is 0. The van der Waals surface area contributed by atoms with Crippen LogP contribution in [0.1, 0.15) is 43.0 Å². The van der Waals surface area contributed by atoms with Crippen molar-refractivity contribution in [3.8, 4) is 12.1 Å². The molecule has 0 N–H and O–H groups in total. The van der Waals surface area contributed by atoms with Crippen molar-refractivity contribution in [2.75, 3.05) is 14.2 Å². The van der Waals surface area contributed by atoms with Gasteiger partial charge in [-0.2, -0.15) is 10.5 Å². The zero-order valence-corrected chi connectivity index (χ0v) is 24.7. The molecule has 0 heterocycles. The van der Waals surface area contributed by atoms with Crippen LogP contribution < -0.4 is 0 Å². The van der Waals surface area contributed by atoms with Crippen LogP contribution in [0.15, 0.2) is 28.6 Å². The average Bonchev–Trinajstić information content (AvgIpc) is 2.81. The molecule has 2 aromatic rings. The van der Waals surface area contributed by atoms with Crippen molar-refractivity contribution in [1.82, 2.24) is 0 Å². The molecule has 2 aromatic carbocycles. The number of halogens is 7.